The lowest BCUT2D eigenvalue weighted by Gasteiger charge is -2.27. The first-order chi connectivity index (χ1) is 41.5. The fourth-order valence-electron chi connectivity index (χ4n) is 6.51. The average Bonchev–Trinajstić information content (AvgIpc) is 2.72. The Labute approximate surface area is 511 Å². The van der Waals surface area contributed by atoms with Gasteiger partial charge < -0.3 is 92.0 Å². The summed E-state index contributed by atoms with van der Waals surface area (Å²) in [7, 11) is 0. The summed E-state index contributed by atoms with van der Waals surface area (Å²) in [4.78, 5) is 141. The minimum absolute atomic E-state index is 0.0193. The summed E-state index contributed by atoms with van der Waals surface area (Å²) in [6.07, 6.45) is -12.8. The highest BCUT2D eigenvalue weighted by atomic mass is 32.2. The first-order valence-corrected chi connectivity index (χ1v) is 27.3. The SMILES string of the molecule is CSCC[C@H](NC(=O)[C@H](Cc1ccccc1)NC(=O)CNC(=O)CNC(=O)[C@@H](N)Cc1ccc(O)cc1)C(=O)N[C@@H](CCCN=C(N)N)C(=O)N[C@@H](CCCN=C(N)N)C(=O)N[C@H](C(N)=O)C(C)C.O=C(O)C(F)(F)F.O=C(O)C(F)(F)F.O=C(O)C(F)(F)F. The molecule has 6 atom stereocenters. The van der Waals surface area contributed by atoms with Crippen molar-refractivity contribution in [2.45, 2.75) is 114 Å². The molecule has 0 aliphatic heterocycles. The van der Waals surface area contributed by atoms with Gasteiger partial charge in [-0.15, -0.1) is 0 Å². The average molecular weight is 1330 g/mol. The highest BCUT2D eigenvalue weighted by Crippen LogP contribution is 2.16. The minimum atomic E-state index is -5.08. The van der Waals surface area contributed by atoms with Crippen LogP contribution in [0.3, 0.4) is 0 Å². The second-order valence-corrected chi connectivity index (χ2v) is 19.7. The first kappa shape index (κ1) is 82.7. The third-order valence-corrected chi connectivity index (χ3v) is 11.6. The number of carboxylic acid groups (broad SMARTS) is 3. The van der Waals surface area contributed by atoms with Crippen LogP contribution < -0.4 is 71.6 Å². The summed E-state index contributed by atoms with van der Waals surface area (Å²) in [5.74, 6) is -14.5. The van der Waals surface area contributed by atoms with Gasteiger partial charge in [-0.25, -0.2) is 14.4 Å². The number of aliphatic carboxylic acids is 3. The van der Waals surface area contributed by atoms with Crippen molar-refractivity contribution in [2.24, 2.45) is 50.3 Å². The number of phenolic OH excluding ortho intramolecular Hbond substituents is 1. The molecule has 30 nitrogen and oxygen atoms in total. The Morgan fingerprint density at radius 2 is 0.889 bits per heavy atom. The van der Waals surface area contributed by atoms with E-state index in [1.165, 1.54) is 23.9 Å². The molecule has 0 radical (unpaired) electrons. The number of benzene rings is 2. The van der Waals surface area contributed by atoms with Gasteiger partial charge >= 0.3 is 36.4 Å². The van der Waals surface area contributed by atoms with E-state index in [1.807, 2.05) is 0 Å². The number of nitrogens with two attached hydrogens (primary N) is 6. The Hall–Kier alpha value is -9.37. The summed E-state index contributed by atoms with van der Waals surface area (Å²) >= 11 is 1.39. The number of guanidine groups is 2. The molecule has 8 amide bonds. The Bertz CT molecular complexity index is 2670. The van der Waals surface area contributed by atoms with Crippen LogP contribution in [0.15, 0.2) is 64.6 Å². The molecule has 2 aromatic carbocycles. The third kappa shape index (κ3) is 38.7. The topological polar surface area (TPSA) is 534 Å². The molecular formula is C50H72F9N15O15S. The summed E-state index contributed by atoms with van der Waals surface area (Å²) < 4.78 is 95.2. The van der Waals surface area contributed by atoms with Crippen molar-refractivity contribution in [3.8, 4) is 5.75 Å². The van der Waals surface area contributed by atoms with Crippen molar-refractivity contribution >= 4 is 88.8 Å². The maximum atomic E-state index is 14.1. The number of nitrogens with zero attached hydrogens (tertiary/aromatic N) is 2. The molecule has 506 valence electrons. The molecule has 23 N–H and O–H groups in total. The van der Waals surface area contributed by atoms with Crippen LogP contribution in [0.4, 0.5) is 39.5 Å². The molecule has 0 aromatic heterocycles. The molecule has 2 aromatic rings. The van der Waals surface area contributed by atoms with Crippen molar-refractivity contribution in [1.29, 1.82) is 0 Å². The van der Waals surface area contributed by atoms with Crippen LogP contribution in [-0.4, -0.2) is 190 Å². The number of rotatable bonds is 31. The van der Waals surface area contributed by atoms with Gasteiger partial charge in [-0.1, -0.05) is 56.3 Å². The van der Waals surface area contributed by atoms with E-state index in [2.05, 4.69) is 47.2 Å². The van der Waals surface area contributed by atoms with E-state index >= 15 is 0 Å². The van der Waals surface area contributed by atoms with E-state index in [4.69, 9.17) is 64.1 Å². The van der Waals surface area contributed by atoms with E-state index < -0.39 is 133 Å². The van der Waals surface area contributed by atoms with Crippen LogP contribution in [0, 0.1) is 5.92 Å². The largest absolute Gasteiger partial charge is 0.508 e. The fourth-order valence-corrected chi connectivity index (χ4v) is 6.98. The zero-order valence-electron chi connectivity index (χ0n) is 48.2. The molecule has 0 spiro atoms. The highest BCUT2D eigenvalue weighted by molar-refractivity contribution is 7.98. The molecule has 0 saturated heterocycles. The predicted octanol–water partition coefficient (Wildman–Crippen LogP) is -1.94. The van der Waals surface area contributed by atoms with E-state index in [1.54, 1.807) is 62.6 Å². The number of nitrogens with one attached hydrogen (secondary N) is 7. The Morgan fingerprint density at radius 1 is 0.511 bits per heavy atom. The summed E-state index contributed by atoms with van der Waals surface area (Å²) in [5.41, 5.74) is 34.7. The number of aliphatic imine (C=N–C) groups is 2. The molecule has 0 bridgehead atoms. The summed E-state index contributed by atoms with van der Waals surface area (Å²) in [6.45, 7) is 2.49. The van der Waals surface area contributed by atoms with E-state index in [0.717, 1.165) is 0 Å². The normalized spacial score (nSPS) is 12.9. The van der Waals surface area contributed by atoms with Crippen molar-refractivity contribution in [2.75, 3.05) is 38.2 Å². The van der Waals surface area contributed by atoms with Crippen LogP contribution in [0.25, 0.3) is 0 Å². The zero-order valence-corrected chi connectivity index (χ0v) is 49.0. The van der Waals surface area contributed by atoms with Crippen LogP contribution in [0.1, 0.15) is 57.1 Å². The molecular weight excluding hydrogens is 1250 g/mol. The summed E-state index contributed by atoms with van der Waals surface area (Å²) in [5, 5.41) is 48.9. The highest BCUT2D eigenvalue weighted by Gasteiger charge is 2.40. The van der Waals surface area contributed by atoms with Gasteiger partial charge in [-0.2, -0.15) is 51.3 Å². The maximum absolute atomic E-state index is 14.1. The number of alkyl halides is 9. The Kier molecular flexibility index (Phi) is 38.3. The van der Waals surface area contributed by atoms with Gasteiger partial charge in [0.05, 0.1) is 19.1 Å². The van der Waals surface area contributed by atoms with Gasteiger partial charge in [0.1, 0.15) is 36.0 Å². The van der Waals surface area contributed by atoms with Gasteiger partial charge in [0.2, 0.25) is 47.3 Å². The molecule has 0 fully saturated rings. The van der Waals surface area contributed by atoms with Gasteiger partial charge in [0.15, 0.2) is 11.9 Å². The first-order valence-electron chi connectivity index (χ1n) is 26.0. The molecule has 0 heterocycles. The molecule has 0 aliphatic rings. The van der Waals surface area contributed by atoms with E-state index in [-0.39, 0.29) is 81.6 Å². The van der Waals surface area contributed by atoms with Crippen LogP contribution in [0.5, 0.6) is 5.75 Å². The number of carboxylic acids is 3. The zero-order chi connectivity index (χ0) is 69.7. The van der Waals surface area contributed by atoms with Crippen LogP contribution in [-0.2, 0) is 65.6 Å². The Morgan fingerprint density at radius 3 is 1.27 bits per heavy atom. The van der Waals surface area contributed by atoms with Gasteiger partial charge in [0.25, 0.3) is 0 Å². The van der Waals surface area contributed by atoms with E-state index in [9.17, 15) is 83.0 Å². The maximum Gasteiger partial charge on any atom is 0.490 e. The number of carbonyl (C=O) groups excluding carboxylic acids is 8. The number of primary amides is 1. The van der Waals surface area contributed by atoms with E-state index in [0.29, 0.717) is 16.9 Å². The molecule has 2 rings (SSSR count). The number of halogens is 9. The van der Waals surface area contributed by atoms with Crippen molar-refractivity contribution in [3.05, 3.63) is 65.7 Å². The lowest BCUT2D eigenvalue weighted by Crippen LogP contribution is -2.59. The molecule has 0 saturated carbocycles. The van der Waals surface area contributed by atoms with Gasteiger partial charge in [0, 0.05) is 19.5 Å². The molecule has 0 aliphatic carbocycles. The second kappa shape index (κ2) is 41.7. The molecule has 90 heavy (non-hydrogen) atoms. The Balaban J connectivity index is 0. The quantitative estimate of drug-likeness (QED) is 0.0169. The molecule has 40 heteroatoms. The summed E-state index contributed by atoms with van der Waals surface area (Å²) in [6, 6.07) is 7.75. The third-order valence-electron chi connectivity index (χ3n) is 10.9. The number of carbonyl (C=O) groups is 11. The monoisotopic (exact) mass is 1330 g/mol. The fraction of sp³-hybridized carbons (Fsp3) is 0.500. The van der Waals surface area contributed by atoms with Gasteiger partial charge in [-0.05, 0) is 79.7 Å². The van der Waals surface area contributed by atoms with Crippen molar-refractivity contribution in [1.82, 2.24) is 37.2 Å². The predicted molar refractivity (Wildman–Crippen MR) is 304 cm³/mol. The smallest absolute Gasteiger partial charge is 0.490 e. The second-order valence-electron chi connectivity index (χ2n) is 18.7. The minimum Gasteiger partial charge on any atom is -0.508 e. The number of thioether (sulfide) groups is 1. The van der Waals surface area contributed by atoms with Crippen LogP contribution >= 0.6 is 11.8 Å². The van der Waals surface area contributed by atoms with Crippen LogP contribution in [0.2, 0.25) is 0 Å². The number of aromatic hydroxyl groups is 1. The lowest BCUT2D eigenvalue weighted by atomic mass is 10.0. The number of hydrogen-bond acceptors (Lipinski definition) is 16. The standard InChI is InChI=1S/C44H69N15O9S.3C2HF3O2/c1-25(2)36(37(46)63)59-41(67)31(12-8-19-52-44(49)50)57-39(65)30(11-7-18-51-43(47)48)56-40(66)32(17-20-69-3)58-42(68)33(22-26-9-5-4-6-10-26)55-35(62)24-53-34(61)23-54-38(64)29(45)21-27-13-15-28(60)16-14-27;3*3-2(4,5)1(6)7/h4-6,9-10,13-16,25,29-33,36,60H,7-8,11-12,17-24,45H2,1-3H3,(H2,46,63)(H,53,61)(H,54,64)(H,55,62)(H,56,66)(H,57,65)(H,58,68)(H,59,67)(H4,47,48,51)(H4,49,50,52);3*(H,6,7)/t29-,30-,31-,32-,33-,36-;;;/m0.../s1. The number of amides is 8. The lowest BCUT2D eigenvalue weighted by molar-refractivity contribution is -0.193. The number of hydrogen-bond donors (Lipinski definition) is 17. The molecule has 0 unspecified atom stereocenters. The van der Waals surface area contributed by atoms with Gasteiger partial charge in [-0.3, -0.25) is 48.3 Å². The number of phenols is 1. The van der Waals surface area contributed by atoms with Crippen molar-refractivity contribution in [3.63, 3.8) is 0 Å². The van der Waals surface area contributed by atoms with Crippen molar-refractivity contribution < 1.29 is 113 Å².